The van der Waals surface area contributed by atoms with Crippen LogP contribution in [0.5, 0.6) is 0 Å². The van der Waals surface area contributed by atoms with Gasteiger partial charge in [-0.25, -0.2) is 0 Å². The summed E-state index contributed by atoms with van der Waals surface area (Å²) < 4.78 is 2.11. The Kier molecular flexibility index (Phi) is 7.00. The van der Waals surface area contributed by atoms with Crippen LogP contribution in [0.3, 0.4) is 0 Å². The molecule has 2 aromatic heterocycles. The molecule has 1 saturated carbocycles. The van der Waals surface area contributed by atoms with Crippen LogP contribution in [0.25, 0.3) is 10.9 Å². The predicted molar refractivity (Wildman–Crippen MR) is 122 cm³/mol. The molecule has 160 valence electrons. The fourth-order valence-corrected chi connectivity index (χ4v) is 4.25. The van der Waals surface area contributed by atoms with Crippen molar-refractivity contribution in [2.45, 2.75) is 64.5 Å². The smallest absolute Gasteiger partial charge is 0.191 e. The van der Waals surface area contributed by atoms with Crippen LogP contribution in [0.1, 0.15) is 50.4 Å². The van der Waals surface area contributed by atoms with E-state index < -0.39 is 0 Å². The number of guanidine groups is 1. The standard InChI is InChI=1S/C23H33N7/c1-2-22-29-27-17-30(22)15-14-25-23(28-19-8-4-3-5-9-19)24-13-12-18-16-26-21-11-7-6-10-20(18)21/h6-7,10-11,16-17,19,26H,2-5,8-9,12-15H2,1H3,(H2,24,25,28). The first-order valence-electron chi connectivity index (χ1n) is 11.3. The molecule has 0 aliphatic heterocycles. The number of H-pyrrole nitrogens is 1. The number of benzene rings is 1. The van der Waals surface area contributed by atoms with Crippen molar-refractivity contribution in [2.75, 3.05) is 13.1 Å². The third-order valence-electron chi connectivity index (χ3n) is 5.93. The number of aliphatic imine (C=N–C) groups is 1. The molecule has 0 atom stereocenters. The number of aromatic nitrogens is 4. The van der Waals surface area contributed by atoms with Gasteiger partial charge in [0, 0.05) is 49.2 Å². The van der Waals surface area contributed by atoms with Crippen molar-refractivity contribution in [2.24, 2.45) is 4.99 Å². The van der Waals surface area contributed by atoms with E-state index in [2.05, 4.69) is 67.8 Å². The molecule has 0 radical (unpaired) electrons. The highest BCUT2D eigenvalue weighted by atomic mass is 15.3. The molecule has 7 heteroatoms. The van der Waals surface area contributed by atoms with Crippen molar-refractivity contribution in [3.8, 4) is 0 Å². The van der Waals surface area contributed by atoms with Gasteiger partial charge in [0.25, 0.3) is 0 Å². The second-order valence-electron chi connectivity index (χ2n) is 8.04. The maximum Gasteiger partial charge on any atom is 0.191 e. The molecule has 1 aromatic carbocycles. The molecule has 1 aliphatic rings. The number of nitrogens with zero attached hydrogens (tertiary/aromatic N) is 4. The zero-order chi connectivity index (χ0) is 20.6. The van der Waals surface area contributed by atoms with Gasteiger partial charge in [-0.05, 0) is 30.9 Å². The summed E-state index contributed by atoms with van der Waals surface area (Å²) in [6.45, 7) is 4.51. The fourth-order valence-electron chi connectivity index (χ4n) is 4.25. The van der Waals surface area contributed by atoms with Crippen molar-refractivity contribution >= 4 is 16.9 Å². The Bertz CT molecular complexity index is 949. The van der Waals surface area contributed by atoms with E-state index >= 15 is 0 Å². The minimum atomic E-state index is 0.527. The third-order valence-corrected chi connectivity index (χ3v) is 5.93. The number of nitrogens with one attached hydrogen (secondary N) is 3. The lowest BCUT2D eigenvalue weighted by Gasteiger charge is -2.25. The van der Waals surface area contributed by atoms with Gasteiger partial charge in [-0.2, -0.15) is 0 Å². The lowest BCUT2D eigenvalue weighted by Crippen LogP contribution is -2.45. The molecule has 0 bridgehead atoms. The minimum Gasteiger partial charge on any atom is -0.361 e. The highest BCUT2D eigenvalue weighted by Crippen LogP contribution is 2.18. The van der Waals surface area contributed by atoms with Gasteiger partial charge < -0.3 is 20.2 Å². The first-order valence-corrected chi connectivity index (χ1v) is 11.3. The quantitative estimate of drug-likeness (QED) is 0.395. The first-order chi connectivity index (χ1) is 14.8. The molecular formula is C23H33N7. The second kappa shape index (κ2) is 10.3. The summed E-state index contributed by atoms with van der Waals surface area (Å²) in [4.78, 5) is 8.26. The van der Waals surface area contributed by atoms with Crippen LogP contribution < -0.4 is 10.6 Å². The van der Waals surface area contributed by atoms with Crippen LogP contribution in [-0.2, 0) is 19.4 Å². The molecule has 7 nitrogen and oxygen atoms in total. The number of aryl methyl sites for hydroxylation is 1. The fraction of sp³-hybridized carbons (Fsp3) is 0.522. The van der Waals surface area contributed by atoms with E-state index in [4.69, 9.17) is 4.99 Å². The molecule has 30 heavy (non-hydrogen) atoms. The summed E-state index contributed by atoms with van der Waals surface area (Å²) in [5, 5.41) is 16.7. The van der Waals surface area contributed by atoms with E-state index in [-0.39, 0.29) is 0 Å². The Morgan fingerprint density at radius 3 is 2.97 bits per heavy atom. The van der Waals surface area contributed by atoms with E-state index in [1.54, 1.807) is 0 Å². The van der Waals surface area contributed by atoms with Crippen molar-refractivity contribution in [3.05, 3.63) is 48.2 Å². The van der Waals surface area contributed by atoms with Gasteiger partial charge in [0.05, 0.1) is 0 Å². The molecule has 2 heterocycles. The highest BCUT2D eigenvalue weighted by Gasteiger charge is 2.14. The summed E-state index contributed by atoms with van der Waals surface area (Å²) in [7, 11) is 0. The van der Waals surface area contributed by atoms with Gasteiger partial charge >= 0.3 is 0 Å². The molecule has 3 aromatic rings. The summed E-state index contributed by atoms with van der Waals surface area (Å²) in [5.74, 6) is 1.95. The van der Waals surface area contributed by atoms with Crippen molar-refractivity contribution in [3.63, 3.8) is 0 Å². The van der Waals surface area contributed by atoms with Crippen LogP contribution in [0.15, 0.2) is 41.8 Å². The maximum absolute atomic E-state index is 4.90. The third kappa shape index (κ3) is 5.20. The Morgan fingerprint density at radius 2 is 2.10 bits per heavy atom. The summed E-state index contributed by atoms with van der Waals surface area (Å²) >= 11 is 0. The van der Waals surface area contributed by atoms with Gasteiger partial charge in [0.2, 0.25) is 0 Å². The Labute approximate surface area is 178 Å². The normalized spacial score (nSPS) is 15.6. The molecule has 0 amide bonds. The van der Waals surface area contributed by atoms with E-state index in [1.165, 1.54) is 48.6 Å². The molecule has 1 fully saturated rings. The largest absolute Gasteiger partial charge is 0.361 e. The average Bonchev–Trinajstić information content (AvgIpc) is 3.41. The Hall–Kier alpha value is -2.83. The molecule has 0 unspecified atom stereocenters. The summed E-state index contributed by atoms with van der Waals surface area (Å²) in [6.07, 6.45) is 12.2. The number of fused-ring (bicyclic) bond motifs is 1. The van der Waals surface area contributed by atoms with Gasteiger partial charge in [0.1, 0.15) is 12.2 Å². The monoisotopic (exact) mass is 407 g/mol. The molecule has 0 saturated heterocycles. The molecular weight excluding hydrogens is 374 g/mol. The van der Waals surface area contributed by atoms with E-state index in [1.807, 2.05) is 6.33 Å². The second-order valence-corrected chi connectivity index (χ2v) is 8.04. The number of rotatable bonds is 8. The van der Waals surface area contributed by atoms with Gasteiger partial charge in [-0.15, -0.1) is 10.2 Å². The maximum atomic E-state index is 4.90. The molecule has 4 rings (SSSR count). The van der Waals surface area contributed by atoms with E-state index in [9.17, 15) is 0 Å². The van der Waals surface area contributed by atoms with Crippen LogP contribution >= 0.6 is 0 Å². The Balaban J connectivity index is 1.36. The zero-order valence-electron chi connectivity index (χ0n) is 17.9. The van der Waals surface area contributed by atoms with Crippen LogP contribution in [0, 0.1) is 0 Å². The van der Waals surface area contributed by atoms with Crippen LogP contribution in [0.2, 0.25) is 0 Å². The lowest BCUT2D eigenvalue weighted by atomic mass is 9.96. The topological polar surface area (TPSA) is 82.9 Å². The summed E-state index contributed by atoms with van der Waals surface area (Å²) in [6, 6.07) is 8.98. The average molecular weight is 408 g/mol. The van der Waals surface area contributed by atoms with E-state index in [0.29, 0.717) is 6.04 Å². The van der Waals surface area contributed by atoms with Crippen molar-refractivity contribution in [1.29, 1.82) is 0 Å². The summed E-state index contributed by atoms with van der Waals surface area (Å²) in [5.41, 5.74) is 2.51. The highest BCUT2D eigenvalue weighted by molar-refractivity contribution is 5.83. The SMILES string of the molecule is CCc1nncn1CCNC(=NCCc1c[nH]c2ccccc12)NC1CCCCC1. The van der Waals surface area contributed by atoms with Gasteiger partial charge in [-0.1, -0.05) is 44.4 Å². The molecule has 0 spiro atoms. The van der Waals surface area contributed by atoms with Gasteiger partial charge in [0.15, 0.2) is 5.96 Å². The lowest BCUT2D eigenvalue weighted by molar-refractivity contribution is 0.409. The van der Waals surface area contributed by atoms with E-state index in [0.717, 1.165) is 44.3 Å². The van der Waals surface area contributed by atoms with Crippen LogP contribution in [-0.4, -0.2) is 44.8 Å². The Morgan fingerprint density at radius 1 is 1.23 bits per heavy atom. The van der Waals surface area contributed by atoms with Crippen molar-refractivity contribution in [1.82, 2.24) is 30.4 Å². The van der Waals surface area contributed by atoms with Gasteiger partial charge in [-0.3, -0.25) is 4.99 Å². The molecule has 3 N–H and O–H groups in total. The number of aromatic amines is 1. The number of hydrogen-bond acceptors (Lipinski definition) is 3. The zero-order valence-corrected chi connectivity index (χ0v) is 17.9. The predicted octanol–water partition coefficient (Wildman–Crippen LogP) is 3.43. The molecule has 1 aliphatic carbocycles. The van der Waals surface area contributed by atoms with Crippen molar-refractivity contribution < 1.29 is 0 Å². The van der Waals surface area contributed by atoms with Crippen LogP contribution in [0.4, 0.5) is 0 Å². The number of para-hydroxylation sites is 1. The first kappa shape index (κ1) is 20.4. The minimum absolute atomic E-state index is 0.527. The number of hydrogen-bond donors (Lipinski definition) is 3.